The van der Waals surface area contributed by atoms with Crippen molar-refractivity contribution in [3.8, 4) is 11.8 Å². The molecule has 1 aromatic carbocycles. The molecule has 0 heterocycles. The van der Waals surface area contributed by atoms with Crippen LogP contribution in [-0.4, -0.2) is 20.0 Å². The third-order valence-electron chi connectivity index (χ3n) is 1.70. The van der Waals surface area contributed by atoms with E-state index in [1.54, 1.807) is 0 Å². The number of hydrogen-bond acceptors (Lipinski definition) is 2. The molecule has 0 atom stereocenters. The number of benzene rings is 1. The molecule has 80 valence electrons. The average Bonchev–Trinajstić information content (AvgIpc) is 2.29. The molecule has 1 aromatic rings. The molecule has 2 heteroatoms. The van der Waals surface area contributed by atoms with Gasteiger partial charge in [0.05, 0.1) is 0 Å². The summed E-state index contributed by atoms with van der Waals surface area (Å²) >= 11 is 0. The average molecular weight is 204 g/mol. The Hall–Kier alpha value is -1.30. The van der Waals surface area contributed by atoms with Gasteiger partial charge >= 0.3 is 0 Å². The Morgan fingerprint density at radius 2 is 1.93 bits per heavy atom. The van der Waals surface area contributed by atoms with Crippen molar-refractivity contribution in [2.45, 2.75) is 13.3 Å². The van der Waals surface area contributed by atoms with E-state index in [-0.39, 0.29) is 0 Å². The highest BCUT2D eigenvalue weighted by Gasteiger charge is 1.84. The van der Waals surface area contributed by atoms with Crippen molar-refractivity contribution in [2.24, 2.45) is 0 Å². The molecule has 15 heavy (non-hydrogen) atoms. The van der Waals surface area contributed by atoms with Crippen LogP contribution in [0, 0.1) is 11.8 Å². The van der Waals surface area contributed by atoms with Crippen LogP contribution in [0.4, 0.5) is 0 Å². The SMILES string of the molecule is CCCOCOCC#Cc1ccccc1. The van der Waals surface area contributed by atoms with Crippen LogP contribution in [0.2, 0.25) is 0 Å². The molecule has 0 saturated heterocycles. The maximum atomic E-state index is 5.16. The molecule has 0 fully saturated rings. The molecule has 0 aliphatic carbocycles. The molecular weight excluding hydrogens is 188 g/mol. The Labute approximate surface area is 91.2 Å². The molecule has 0 aromatic heterocycles. The van der Waals surface area contributed by atoms with E-state index in [0.717, 1.165) is 18.6 Å². The van der Waals surface area contributed by atoms with Gasteiger partial charge in [0.15, 0.2) is 0 Å². The Morgan fingerprint density at radius 1 is 1.13 bits per heavy atom. The van der Waals surface area contributed by atoms with E-state index in [9.17, 15) is 0 Å². The summed E-state index contributed by atoms with van der Waals surface area (Å²) in [6, 6.07) is 9.85. The van der Waals surface area contributed by atoms with E-state index in [4.69, 9.17) is 9.47 Å². The predicted octanol–water partition coefficient (Wildman–Crippen LogP) is 2.44. The van der Waals surface area contributed by atoms with Crippen molar-refractivity contribution < 1.29 is 9.47 Å². The van der Waals surface area contributed by atoms with E-state index in [1.807, 2.05) is 30.3 Å². The van der Waals surface area contributed by atoms with Gasteiger partial charge in [-0.3, -0.25) is 0 Å². The third-order valence-corrected chi connectivity index (χ3v) is 1.70. The summed E-state index contributed by atoms with van der Waals surface area (Å²) in [6.45, 7) is 3.55. The summed E-state index contributed by atoms with van der Waals surface area (Å²) in [5.41, 5.74) is 1.01. The van der Waals surface area contributed by atoms with Crippen molar-refractivity contribution >= 4 is 0 Å². The highest BCUT2D eigenvalue weighted by molar-refractivity contribution is 5.33. The second-order valence-electron chi connectivity index (χ2n) is 3.04. The summed E-state index contributed by atoms with van der Waals surface area (Å²) < 4.78 is 10.3. The lowest BCUT2D eigenvalue weighted by atomic mass is 10.2. The first-order chi connectivity index (χ1) is 7.43. The standard InChI is InChI=1S/C13H16O2/c1-2-10-14-12-15-11-6-9-13-7-4-3-5-8-13/h3-5,7-8H,2,10-12H2,1H3. The van der Waals surface area contributed by atoms with Gasteiger partial charge in [-0.15, -0.1) is 0 Å². The van der Waals surface area contributed by atoms with Gasteiger partial charge in [-0.1, -0.05) is 37.0 Å². The highest BCUT2D eigenvalue weighted by Crippen LogP contribution is 1.94. The van der Waals surface area contributed by atoms with E-state index in [1.165, 1.54) is 0 Å². The lowest BCUT2D eigenvalue weighted by molar-refractivity contribution is -0.0418. The Bertz CT molecular complexity index is 308. The lowest BCUT2D eigenvalue weighted by Gasteiger charge is -1.99. The van der Waals surface area contributed by atoms with Gasteiger partial charge < -0.3 is 9.47 Å². The highest BCUT2D eigenvalue weighted by atomic mass is 16.7. The monoisotopic (exact) mass is 204 g/mol. The van der Waals surface area contributed by atoms with Crippen LogP contribution in [0.25, 0.3) is 0 Å². The molecule has 1 rings (SSSR count). The van der Waals surface area contributed by atoms with Crippen LogP contribution < -0.4 is 0 Å². The Morgan fingerprint density at radius 3 is 2.67 bits per heavy atom. The van der Waals surface area contributed by atoms with Crippen molar-refractivity contribution in [3.63, 3.8) is 0 Å². The Balaban J connectivity index is 2.12. The molecule has 2 nitrogen and oxygen atoms in total. The molecule has 0 unspecified atom stereocenters. The fraction of sp³-hybridized carbons (Fsp3) is 0.385. The number of ether oxygens (including phenoxy) is 2. The largest absolute Gasteiger partial charge is 0.355 e. The summed E-state index contributed by atoms with van der Waals surface area (Å²) in [4.78, 5) is 0. The zero-order valence-corrected chi connectivity index (χ0v) is 9.03. The second-order valence-corrected chi connectivity index (χ2v) is 3.04. The second kappa shape index (κ2) is 8.05. The van der Waals surface area contributed by atoms with Gasteiger partial charge in [0, 0.05) is 12.2 Å². The van der Waals surface area contributed by atoms with Crippen LogP contribution in [0.5, 0.6) is 0 Å². The quantitative estimate of drug-likeness (QED) is 0.416. The van der Waals surface area contributed by atoms with Crippen LogP contribution in [-0.2, 0) is 9.47 Å². The topological polar surface area (TPSA) is 18.5 Å². The molecule has 0 amide bonds. The molecule has 0 aliphatic rings. The van der Waals surface area contributed by atoms with E-state index in [2.05, 4.69) is 18.8 Å². The third kappa shape index (κ3) is 5.90. The predicted molar refractivity (Wildman–Crippen MR) is 60.4 cm³/mol. The maximum absolute atomic E-state index is 5.16. The van der Waals surface area contributed by atoms with Crippen LogP contribution in [0.15, 0.2) is 30.3 Å². The minimum Gasteiger partial charge on any atom is -0.355 e. The first kappa shape index (κ1) is 11.8. The zero-order chi connectivity index (χ0) is 10.8. The zero-order valence-electron chi connectivity index (χ0n) is 9.03. The number of rotatable bonds is 5. The van der Waals surface area contributed by atoms with Crippen LogP contribution in [0.3, 0.4) is 0 Å². The maximum Gasteiger partial charge on any atom is 0.148 e. The smallest absolute Gasteiger partial charge is 0.148 e. The molecule has 0 spiro atoms. The first-order valence-corrected chi connectivity index (χ1v) is 5.13. The molecule has 0 saturated carbocycles. The fourth-order valence-corrected chi connectivity index (χ4v) is 1.01. The summed E-state index contributed by atoms with van der Waals surface area (Å²) in [5, 5.41) is 0. The normalized spacial score (nSPS) is 9.40. The number of hydrogen-bond donors (Lipinski definition) is 0. The van der Waals surface area contributed by atoms with Gasteiger partial charge in [-0.25, -0.2) is 0 Å². The molecule has 0 aliphatic heterocycles. The molecule has 0 N–H and O–H groups in total. The van der Waals surface area contributed by atoms with Crippen molar-refractivity contribution in [3.05, 3.63) is 35.9 Å². The molecular formula is C13H16O2. The summed E-state index contributed by atoms with van der Waals surface area (Å²) in [5.74, 6) is 5.93. The minimum absolute atomic E-state index is 0.331. The van der Waals surface area contributed by atoms with Gasteiger partial charge in [0.1, 0.15) is 13.4 Å². The molecule has 0 radical (unpaired) electrons. The van der Waals surface area contributed by atoms with Crippen LogP contribution >= 0.6 is 0 Å². The molecule has 0 bridgehead atoms. The van der Waals surface area contributed by atoms with Gasteiger partial charge in [0.25, 0.3) is 0 Å². The van der Waals surface area contributed by atoms with Crippen LogP contribution in [0.1, 0.15) is 18.9 Å². The van der Waals surface area contributed by atoms with E-state index >= 15 is 0 Å². The van der Waals surface area contributed by atoms with Crippen molar-refractivity contribution in [1.29, 1.82) is 0 Å². The van der Waals surface area contributed by atoms with Crippen molar-refractivity contribution in [1.82, 2.24) is 0 Å². The Kier molecular flexibility index (Phi) is 6.31. The fourth-order valence-electron chi connectivity index (χ4n) is 1.01. The van der Waals surface area contributed by atoms with E-state index < -0.39 is 0 Å². The van der Waals surface area contributed by atoms with Gasteiger partial charge in [0.2, 0.25) is 0 Å². The van der Waals surface area contributed by atoms with Gasteiger partial charge in [-0.2, -0.15) is 0 Å². The van der Waals surface area contributed by atoms with Gasteiger partial charge in [-0.05, 0) is 18.6 Å². The summed E-state index contributed by atoms with van der Waals surface area (Å²) in [7, 11) is 0. The lowest BCUT2D eigenvalue weighted by Crippen LogP contribution is -2.00. The van der Waals surface area contributed by atoms with E-state index in [0.29, 0.717) is 13.4 Å². The van der Waals surface area contributed by atoms with Crippen molar-refractivity contribution in [2.75, 3.05) is 20.0 Å². The summed E-state index contributed by atoms with van der Waals surface area (Å²) in [6.07, 6.45) is 1.01. The first-order valence-electron chi connectivity index (χ1n) is 5.13. The minimum atomic E-state index is 0.331.